The van der Waals surface area contributed by atoms with E-state index in [2.05, 4.69) is 10.3 Å². The number of anilines is 1. The summed E-state index contributed by atoms with van der Waals surface area (Å²) in [6.07, 6.45) is 2.06. The number of nitrogens with zero attached hydrogens (tertiary/aromatic N) is 2. The lowest BCUT2D eigenvalue weighted by Crippen LogP contribution is -2.43. The fourth-order valence-corrected chi connectivity index (χ4v) is 3.38. The molecule has 1 saturated heterocycles. The quantitative estimate of drug-likeness (QED) is 0.763. The van der Waals surface area contributed by atoms with Gasteiger partial charge in [-0.15, -0.1) is 0 Å². The molecule has 0 unspecified atom stereocenters. The number of hydrogen-bond donors (Lipinski definition) is 1. The van der Waals surface area contributed by atoms with E-state index in [0.717, 1.165) is 11.1 Å². The number of amides is 2. The van der Waals surface area contributed by atoms with Gasteiger partial charge in [0.15, 0.2) is 0 Å². The average molecular weight is 404 g/mol. The van der Waals surface area contributed by atoms with E-state index in [9.17, 15) is 14.0 Å². The fourth-order valence-electron chi connectivity index (χ4n) is 3.27. The van der Waals surface area contributed by atoms with Gasteiger partial charge in [0, 0.05) is 30.5 Å². The number of carbonyl (C=O) groups excluding carboxylic acids is 2. The Balaban J connectivity index is 1.81. The summed E-state index contributed by atoms with van der Waals surface area (Å²) in [5.74, 6) is -0.475. The fraction of sp³-hybridized carbons (Fsp3) is 0.381. The van der Waals surface area contributed by atoms with Crippen LogP contribution in [0.4, 0.5) is 10.1 Å². The maximum absolute atomic E-state index is 14.0. The van der Waals surface area contributed by atoms with E-state index < -0.39 is 5.67 Å². The van der Waals surface area contributed by atoms with Crippen molar-refractivity contribution in [1.29, 1.82) is 0 Å². The van der Waals surface area contributed by atoms with Crippen molar-refractivity contribution in [2.45, 2.75) is 39.3 Å². The van der Waals surface area contributed by atoms with Gasteiger partial charge in [0.05, 0.1) is 5.56 Å². The van der Waals surface area contributed by atoms with Gasteiger partial charge in [-0.3, -0.25) is 9.59 Å². The van der Waals surface area contributed by atoms with Crippen molar-refractivity contribution < 1.29 is 14.0 Å². The van der Waals surface area contributed by atoms with Gasteiger partial charge in [-0.05, 0) is 62.9 Å². The maximum Gasteiger partial charge on any atom is 0.257 e. The van der Waals surface area contributed by atoms with Gasteiger partial charge >= 0.3 is 0 Å². The smallest absolute Gasteiger partial charge is 0.257 e. The van der Waals surface area contributed by atoms with E-state index in [1.807, 2.05) is 19.9 Å². The van der Waals surface area contributed by atoms with E-state index in [1.54, 1.807) is 30.0 Å². The normalized spacial score (nSPS) is 16.0. The summed E-state index contributed by atoms with van der Waals surface area (Å²) in [7, 11) is 0. The number of halogens is 2. The zero-order valence-corrected chi connectivity index (χ0v) is 16.9. The van der Waals surface area contributed by atoms with Crippen LogP contribution in [0.5, 0.6) is 0 Å². The molecule has 1 aromatic carbocycles. The molecule has 3 rings (SSSR count). The summed E-state index contributed by atoms with van der Waals surface area (Å²) < 4.78 is 14.0. The van der Waals surface area contributed by atoms with Crippen molar-refractivity contribution in [3.8, 4) is 0 Å². The lowest BCUT2D eigenvalue weighted by molar-refractivity contribution is 0.0503. The van der Waals surface area contributed by atoms with Crippen molar-refractivity contribution in [1.82, 2.24) is 9.88 Å². The summed E-state index contributed by atoms with van der Waals surface area (Å²) >= 11 is 5.76. The van der Waals surface area contributed by atoms with Crippen LogP contribution in [-0.2, 0) is 0 Å². The average Bonchev–Trinajstić information content (AvgIpc) is 2.64. The molecular formula is C21H23ClFN3O2. The minimum Gasteiger partial charge on any atom is -0.338 e. The largest absolute Gasteiger partial charge is 0.338 e. The van der Waals surface area contributed by atoms with E-state index in [4.69, 9.17) is 11.6 Å². The number of likely N-dealkylation sites (tertiary alicyclic amines) is 1. The Morgan fingerprint density at radius 1 is 1.18 bits per heavy atom. The lowest BCUT2D eigenvalue weighted by atomic mass is 9.94. The minimum atomic E-state index is -1.22. The van der Waals surface area contributed by atoms with Crippen molar-refractivity contribution in [3.63, 3.8) is 0 Å². The summed E-state index contributed by atoms with van der Waals surface area (Å²) in [6, 6.07) is 6.69. The number of carbonyl (C=O) groups is 2. The number of benzene rings is 1. The Hall–Kier alpha value is -2.47. The Kier molecular flexibility index (Phi) is 5.70. The highest BCUT2D eigenvalue weighted by Crippen LogP contribution is 2.28. The molecule has 0 radical (unpaired) electrons. The Morgan fingerprint density at radius 3 is 2.46 bits per heavy atom. The molecule has 5 nitrogen and oxygen atoms in total. The van der Waals surface area contributed by atoms with Crippen LogP contribution < -0.4 is 5.32 Å². The standard InChI is InChI=1S/C21H23ClFN3O2/c1-13-10-14(2)17(25-19(27)15-4-5-18(22)24-12-15)11-16(13)20(28)26-8-6-21(3,23)7-9-26/h4-5,10-12H,6-9H2,1-3H3,(H,25,27). The molecule has 1 aliphatic heterocycles. The topological polar surface area (TPSA) is 62.3 Å². The van der Waals surface area contributed by atoms with Crippen LogP contribution >= 0.6 is 11.6 Å². The first-order valence-corrected chi connectivity index (χ1v) is 9.56. The third-order valence-electron chi connectivity index (χ3n) is 5.13. The van der Waals surface area contributed by atoms with E-state index >= 15 is 0 Å². The van der Waals surface area contributed by atoms with E-state index in [1.165, 1.54) is 6.20 Å². The molecule has 0 aliphatic carbocycles. The molecule has 0 bridgehead atoms. The molecule has 7 heteroatoms. The van der Waals surface area contributed by atoms with Crippen LogP contribution in [0.1, 0.15) is 51.6 Å². The van der Waals surface area contributed by atoms with Gasteiger partial charge in [0.25, 0.3) is 11.8 Å². The van der Waals surface area contributed by atoms with Gasteiger partial charge in [0.1, 0.15) is 10.8 Å². The first-order chi connectivity index (χ1) is 13.2. The lowest BCUT2D eigenvalue weighted by Gasteiger charge is -2.34. The maximum atomic E-state index is 14.0. The molecule has 0 saturated carbocycles. The summed E-state index contributed by atoms with van der Waals surface area (Å²) in [6.45, 7) is 6.07. The van der Waals surface area contributed by atoms with Crippen molar-refractivity contribution >= 4 is 29.1 Å². The highest BCUT2D eigenvalue weighted by Gasteiger charge is 2.32. The number of rotatable bonds is 3. The van der Waals surface area contributed by atoms with Crippen molar-refractivity contribution in [2.24, 2.45) is 0 Å². The number of aryl methyl sites for hydroxylation is 2. The SMILES string of the molecule is Cc1cc(C)c(C(=O)N2CCC(C)(F)CC2)cc1NC(=O)c1ccc(Cl)nc1. The number of piperidine rings is 1. The van der Waals surface area contributed by atoms with Crippen LogP contribution in [0, 0.1) is 13.8 Å². The van der Waals surface area contributed by atoms with Gasteiger partial charge in [-0.1, -0.05) is 17.7 Å². The molecule has 0 atom stereocenters. The highest BCUT2D eigenvalue weighted by molar-refractivity contribution is 6.29. The number of aromatic nitrogens is 1. The number of pyridine rings is 1. The van der Waals surface area contributed by atoms with E-state index in [-0.39, 0.29) is 11.8 Å². The number of hydrogen-bond acceptors (Lipinski definition) is 3. The van der Waals surface area contributed by atoms with E-state index in [0.29, 0.717) is 47.9 Å². The molecule has 1 fully saturated rings. The van der Waals surface area contributed by atoms with Crippen LogP contribution in [0.3, 0.4) is 0 Å². The molecule has 1 N–H and O–H groups in total. The number of alkyl halides is 1. The van der Waals surface area contributed by atoms with Gasteiger partial charge < -0.3 is 10.2 Å². The van der Waals surface area contributed by atoms with Crippen molar-refractivity contribution in [2.75, 3.05) is 18.4 Å². The third kappa shape index (κ3) is 4.50. The third-order valence-corrected chi connectivity index (χ3v) is 5.36. The van der Waals surface area contributed by atoms with Gasteiger partial charge in [0.2, 0.25) is 0 Å². The first-order valence-electron chi connectivity index (χ1n) is 9.19. The zero-order chi connectivity index (χ0) is 20.5. The summed E-state index contributed by atoms with van der Waals surface area (Å²) in [5, 5.41) is 3.14. The summed E-state index contributed by atoms with van der Waals surface area (Å²) in [4.78, 5) is 31.0. The second kappa shape index (κ2) is 7.87. The molecule has 1 aromatic heterocycles. The molecule has 0 spiro atoms. The molecule has 2 heterocycles. The zero-order valence-electron chi connectivity index (χ0n) is 16.2. The second-order valence-corrected chi connectivity index (χ2v) is 7.90. The second-order valence-electron chi connectivity index (χ2n) is 7.51. The van der Waals surface area contributed by atoms with Crippen LogP contribution in [-0.4, -0.2) is 40.5 Å². The molecule has 2 aromatic rings. The number of nitrogens with one attached hydrogen (secondary N) is 1. The first kappa shape index (κ1) is 20.3. The Bertz CT molecular complexity index is 903. The van der Waals surface area contributed by atoms with Gasteiger partial charge in [-0.25, -0.2) is 9.37 Å². The van der Waals surface area contributed by atoms with Crippen molar-refractivity contribution in [3.05, 3.63) is 57.9 Å². The Labute approximate surface area is 168 Å². The molecule has 1 aliphatic rings. The highest BCUT2D eigenvalue weighted by atomic mass is 35.5. The molecule has 2 amide bonds. The summed E-state index contributed by atoms with van der Waals surface area (Å²) in [5.41, 5.74) is 1.89. The minimum absolute atomic E-state index is 0.142. The molecule has 148 valence electrons. The molecule has 28 heavy (non-hydrogen) atoms. The van der Waals surface area contributed by atoms with Crippen LogP contribution in [0.25, 0.3) is 0 Å². The van der Waals surface area contributed by atoms with Gasteiger partial charge in [-0.2, -0.15) is 0 Å². The monoisotopic (exact) mass is 403 g/mol. The Morgan fingerprint density at radius 2 is 1.86 bits per heavy atom. The van der Waals surface area contributed by atoms with Crippen LogP contribution in [0.15, 0.2) is 30.5 Å². The molecular weight excluding hydrogens is 381 g/mol. The predicted molar refractivity (Wildman–Crippen MR) is 108 cm³/mol. The predicted octanol–water partition coefficient (Wildman–Crippen LogP) is 4.57. The van der Waals surface area contributed by atoms with Crippen LogP contribution in [0.2, 0.25) is 5.15 Å².